The largest absolute Gasteiger partial charge is 0.0985 e. The molecule has 0 heterocycles. The Kier molecular flexibility index (Phi) is 3.56. The first-order chi connectivity index (χ1) is 8.29. The van der Waals surface area contributed by atoms with Crippen LogP contribution in [0.1, 0.15) is 22.3 Å². The summed E-state index contributed by atoms with van der Waals surface area (Å²) in [5.41, 5.74) is 4.87. The zero-order valence-electron chi connectivity index (χ0n) is 10.1. The average molecular weight is 220 g/mol. The van der Waals surface area contributed by atoms with Crippen molar-refractivity contribution in [2.24, 2.45) is 0 Å². The molecule has 17 heavy (non-hydrogen) atoms. The van der Waals surface area contributed by atoms with Gasteiger partial charge in [-0.15, -0.1) is 0 Å². The lowest BCUT2D eigenvalue weighted by molar-refractivity contribution is 1.43. The summed E-state index contributed by atoms with van der Waals surface area (Å²) in [7, 11) is 0. The summed E-state index contributed by atoms with van der Waals surface area (Å²) in [6.45, 7) is 5.93. The lowest BCUT2D eigenvalue weighted by Crippen LogP contribution is -1.81. The molecule has 0 bridgehead atoms. The highest BCUT2D eigenvalue weighted by atomic mass is 14.0. The van der Waals surface area contributed by atoms with Gasteiger partial charge < -0.3 is 0 Å². The molecule has 0 nitrogen and oxygen atoms in total. The summed E-state index contributed by atoms with van der Waals surface area (Å²) in [5, 5.41) is 0. The zero-order valence-corrected chi connectivity index (χ0v) is 10.1. The van der Waals surface area contributed by atoms with E-state index < -0.39 is 0 Å². The molecule has 0 unspecified atom stereocenters. The van der Waals surface area contributed by atoms with E-state index in [2.05, 4.69) is 56.0 Å². The van der Waals surface area contributed by atoms with Gasteiger partial charge in [0, 0.05) is 0 Å². The van der Waals surface area contributed by atoms with Crippen LogP contribution in [-0.2, 0) is 0 Å². The summed E-state index contributed by atoms with van der Waals surface area (Å²) >= 11 is 0. The number of rotatable bonds is 3. The maximum Gasteiger partial charge on any atom is -0.0227 e. The van der Waals surface area contributed by atoms with Crippen molar-refractivity contribution < 1.29 is 0 Å². The van der Waals surface area contributed by atoms with E-state index in [0.29, 0.717) is 0 Å². The first-order valence-electron chi connectivity index (χ1n) is 5.76. The highest BCUT2D eigenvalue weighted by Crippen LogP contribution is 2.14. The van der Waals surface area contributed by atoms with Crippen LogP contribution in [0.2, 0.25) is 0 Å². The molecule has 0 aromatic heterocycles. The molecular weight excluding hydrogens is 204 g/mol. The highest BCUT2D eigenvalue weighted by molar-refractivity contribution is 5.71. The van der Waals surface area contributed by atoms with Crippen molar-refractivity contribution in [1.82, 2.24) is 0 Å². The quantitative estimate of drug-likeness (QED) is 0.651. The van der Waals surface area contributed by atoms with Gasteiger partial charge in [-0.25, -0.2) is 0 Å². The van der Waals surface area contributed by atoms with Gasteiger partial charge in [-0.2, -0.15) is 0 Å². The van der Waals surface area contributed by atoms with Crippen molar-refractivity contribution in [3.63, 3.8) is 0 Å². The van der Waals surface area contributed by atoms with Gasteiger partial charge in [-0.1, -0.05) is 67.3 Å². The Morgan fingerprint density at radius 3 is 2.29 bits per heavy atom. The number of hydrogen-bond acceptors (Lipinski definition) is 0. The van der Waals surface area contributed by atoms with Gasteiger partial charge in [0.05, 0.1) is 0 Å². The van der Waals surface area contributed by atoms with E-state index in [4.69, 9.17) is 0 Å². The van der Waals surface area contributed by atoms with Crippen molar-refractivity contribution in [1.29, 1.82) is 0 Å². The van der Waals surface area contributed by atoms with E-state index in [-0.39, 0.29) is 0 Å². The molecule has 0 saturated heterocycles. The maximum absolute atomic E-state index is 3.83. The first-order valence-corrected chi connectivity index (χ1v) is 5.76. The van der Waals surface area contributed by atoms with Crippen molar-refractivity contribution in [3.8, 4) is 0 Å². The average Bonchev–Trinajstić information content (AvgIpc) is 2.39. The van der Waals surface area contributed by atoms with Crippen LogP contribution >= 0.6 is 0 Å². The Balaban J connectivity index is 2.25. The van der Waals surface area contributed by atoms with E-state index in [1.54, 1.807) is 0 Å². The van der Waals surface area contributed by atoms with Gasteiger partial charge in [0.25, 0.3) is 0 Å². The Morgan fingerprint density at radius 2 is 1.59 bits per heavy atom. The minimum absolute atomic E-state index is 1.19. The minimum atomic E-state index is 1.19. The lowest BCUT2D eigenvalue weighted by Gasteiger charge is -2.01. The van der Waals surface area contributed by atoms with E-state index >= 15 is 0 Å². The predicted octanol–water partition coefficient (Wildman–Crippen LogP) is 4.81. The molecule has 0 N–H and O–H groups in total. The van der Waals surface area contributed by atoms with Crippen LogP contribution in [0.4, 0.5) is 0 Å². The molecule has 0 spiro atoms. The second kappa shape index (κ2) is 5.31. The van der Waals surface area contributed by atoms with Crippen LogP contribution in [0.5, 0.6) is 0 Å². The molecule has 84 valence electrons. The summed E-state index contributed by atoms with van der Waals surface area (Å²) in [6, 6.07) is 16.7. The molecule has 0 amide bonds. The van der Waals surface area contributed by atoms with Crippen molar-refractivity contribution in [3.05, 3.63) is 77.4 Å². The number of hydrogen-bond donors (Lipinski definition) is 0. The Labute approximate surface area is 103 Å². The fourth-order valence-electron chi connectivity index (χ4n) is 1.74. The number of benzene rings is 2. The molecule has 0 aliphatic rings. The fraction of sp³-hybridized carbons (Fsp3) is 0.0588. The Hall–Kier alpha value is -2.08. The second-order valence-electron chi connectivity index (χ2n) is 4.06. The smallest absolute Gasteiger partial charge is 0.0227 e. The molecule has 2 aromatic rings. The molecule has 0 aliphatic carbocycles. The fourth-order valence-corrected chi connectivity index (χ4v) is 1.74. The molecule has 0 fully saturated rings. The second-order valence-corrected chi connectivity index (χ2v) is 4.06. The van der Waals surface area contributed by atoms with Crippen molar-refractivity contribution in [2.45, 2.75) is 6.92 Å². The third-order valence-corrected chi connectivity index (χ3v) is 2.79. The van der Waals surface area contributed by atoms with E-state index in [9.17, 15) is 0 Å². The molecule has 0 saturated carbocycles. The van der Waals surface area contributed by atoms with Crippen molar-refractivity contribution in [2.75, 3.05) is 0 Å². The highest BCUT2D eigenvalue weighted by Gasteiger charge is 1.94. The van der Waals surface area contributed by atoms with Crippen LogP contribution in [0, 0.1) is 6.92 Å². The molecular formula is C17H16. The zero-order chi connectivity index (χ0) is 12.1. The molecule has 0 aliphatic heterocycles. The van der Waals surface area contributed by atoms with Crippen LogP contribution in [0.15, 0.2) is 55.1 Å². The molecule has 2 aromatic carbocycles. The lowest BCUT2D eigenvalue weighted by atomic mass is 10.0. The van der Waals surface area contributed by atoms with E-state index in [0.717, 1.165) is 0 Å². The standard InChI is InChI=1S/C17H16/c1-3-17-13-16(10-9-14(17)2)12-11-15-7-5-4-6-8-15/h3-13H,1H2,2H3/b12-11+. The van der Waals surface area contributed by atoms with Gasteiger partial charge in [0.1, 0.15) is 0 Å². The molecule has 0 heteroatoms. The van der Waals surface area contributed by atoms with Crippen LogP contribution in [0.3, 0.4) is 0 Å². The SMILES string of the molecule is C=Cc1cc(/C=C/c2ccccc2)ccc1C. The van der Waals surface area contributed by atoms with Gasteiger partial charge in [-0.05, 0) is 35.2 Å². The third-order valence-electron chi connectivity index (χ3n) is 2.79. The van der Waals surface area contributed by atoms with Crippen LogP contribution in [-0.4, -0.2) is 0 Å². The van der Waals surface area contributed by atoms with Gasteiger partial charge in [0.2, 0.25) is 0 Å². The maximum atomic E-state index is 3.83. The molecule has 0 atom stereocenters. The molecule has 2 rings (SSSR count). The predicted molar refractivity (Wildman–Crippen MR) is 76.6 cm³/mol. The third kappa shape index (κ3) is 2.94. The van der Waals surface area contributed by atoms with Gasteiger partial charge in [0.15, 0.2) is 0 Å². The Morgan fingerprint density at radius 1 is 0.882 bits per heavy atom. The van der Waals surface area contributed by atoms with Crippen LogP contribution < -0.4 is 0 Å². The molecule has 0 radical (unpaired) electrons. The van der Waals surface area contributed by atoms with E-state index in [1.165, 1.54) is 22.3 Å². The summed E-state index contributed by atoms with van der Waals surface area (Å²) < 4.78 is 0. The van der Waals surface area contributed by atoms with Gasteiger partial charge in [-0.3, -0.25) is 0 Å². The Bertz CT molecular complexity index is 533. The first kappa shape index (κ1) is 11.4. The summed E-state index contributed by atoms with van der Waals surface area (Å²) in [4.78, 5) is 0. The van der Waals surface area contributed by atoms with Crippen molar-refractivity contribution >= 4 is 18.2 Å². The van der Waals surface area contributed by atoms with Crippen LogP contribution in [0.25, 0.3) is 18.2 Å². The minimum Gasteiger partial charge on any atom is -0.0985 e. The normalized spacial score (nSPS) is 10.6. The topological polar surface area (TPSA) is 0 Å². The summed E-state index contributed by atoms with van der Waals surface area (Å²) in [6.07, 6.45) is 6.15. The van der Waals surface area contributed by atoms with Gasteiger partial charge >= 0.3 is 0 Å². The summed E-state index contributed by atoms with van der Waals surface area (Å²) in [5.74, 6) is 0. The number of aryl methyl sites for hydroxylation is 1. The monoisotopic (exact) mass is 220 g/mol. The van der Waals surface area contributed by atoms with E-state index in [1.807, 2.05) is 24.3 Å².